The van der Waals surface area contributed by atoms with Crippen molar-refractivity contribution in [3.05, 3.63) is 78.6 Å². The van der Waals surface area contributed by atoms with Gasteiger partial charge in [0.1, 0.15) is 0 Å². The lowest BCUT2D eigenvalue weighted by Crippen LogP contribution is -2.52. The summed E-state index contributed by atoms with van der Waals surface area (Å²) in [6, 6.07) is 17.9. The lowest BCUT2D eigenvalue weighted by Gasteiger charge is -2.33. The molecule has 0 spiro atoms. The van der Waals surface area contributed by atoms with Gasteiger partial charge in [-0.05, 0) is 24.3 Å². The van der Waals surface area contributed by atoms with Crippen molar-refractivity contribution in [2.24, 2.45) is 0 Å². The van der Waals surface area contributed by atoms with E-state index in [4.69, 9.17) is 0 Å². The molecule has 1 aliphatic rings. The van der Waals surface area contributed by atoms with Crippen molar-refractivity contribution < 1.29 is 13.2 Å². The van der Waals surface area contributed by atoms with Gasteiger partial charge >= 0.3 is 6.03 Å². The van der Waals surface area contributed by atoms with Crippen LogP contribution in [0.15, 0.2) is 78.0 Å². The van der Waals surface area contributed by atoms with Crippen LogP contribution in [0.25, 0.3) is 5.69 Å². The van der Waals surface area contributed by atoms with E-state index in [0.29, 0.717) is 19.6 Å². The molecular weight excluding hydrogens is 402 g/mol. The highest BCUT2D eigenvalue weighted by Gasteiger charge is 2.29. The molecule has 2 heterocycles. The van der Waals surface area contributed by atoms with E-state index >= 15 is 0 Å². The summed E-state index contributed by atoms with van der Waals surface area (Å²) in [5, 5.41) is 7.21. The first-order valence-electron chi connectivity index (χ1n) is 9.71. The van der Waals surface area contributed by atoms with Crippen molar-refractivity contribution in [3.8, 4) is 5.69 Å². The zero-order chi connectivity index (χ0) is 21.0. The largest absolute Gasteiger partial charge is 0.334 e. The lowest BCUT2D eigenvalue weighted by molar-refractivity contribution is 0.172. The molecule has 0 unspecified atom stereocenters. The highest BCUT2D eigenvalue weighted by atomic mass is 32.2. The third kappa shape index (κ3) is 4.37. The number of hydrogen-bond acceptors (Lipinski definition) is 4. The predicted octanol–water partition coefficient (Wildman–Crippen LogP) is 2.09. The molecule has 2 aromatic carbocycles. The number of piperazine rings is 1. The van der Waals surface area contributed by atoms with Crippen LogP contribution < -0.4 is 5.32 Å². The van der Waals surface area contributed by atoms with Crippen LogP contribution in [-0.2, 0) is 16.6 Å². The highest BCUT2D eigenvalue weighted by Crippen LogP contribution is 2.17. The van der Waals surface area contributed by atoms with Gasteiger partial charge in [-0.3, -0.25) is 0 Å². The minimum atomic E-state index is -3.53. The SMILES string of the molecule is O=C(NCc1cnn(-c2ccccc2)c1)N1CCN(S(=O)(=O)c2ccccc2)CC1. The fraction of sp³-hybridized carbons (Fsp3) is 0.238. The van der Waals surface area contributed by atoms with Crippen LogP contribution in [0.3, 0.4) is 0 Å². The van der Waals surface area contributed by atoms with Crippen molar-refractivity contribution in [1.29, 1.82) is 0 Å². The van der Waals surface area contributed by atoms with Crippen molar-refractivity contribution in [2.75, 3.05) is 26.2 Å². The third-order valence-electron chi connectivity index (χ3n) is 5.01. The van der Waals surface area contributed by atoms with Gasteiger partial charge in [-0.25, -0.2) is 17.9 Å². The molecule has 3 aromatic rings. The van der Waals surface area contributed by atoms with Gasteiger partial charge in [-0.15, -0.1) is 0 Å². The Bertz CT molecular complexity index is 1090. The number of rotatable bonds is 5. The second-order valence-electron chi connectivity index (χ2n) is 6.99. The van der Waals surface area contributed by atoms with E-state index in [9.17, 15) is 13.2 Å². The van der Waals surface area contributed by atoms with E-state index in [1.54, 1.807) is 46.1 Å². The van der Waals surface area contributed by atoms with Crippen LogP contribution in [0.4, 0.5) is 4.79 Å². The maximum absolute atomic E-state index is 12.7. The smallest absolute Gasteiger partial charge is 0.317 e. The summed E-state index contributed by atoms with van der Waals surface area (Å²) in [6.07, 6.45) is 3.59. The van der Waals surface area contributed by atoms with Crippen molar-refractivity contribution >= 4 is 16.1 Å². The van der Waals surface area contributed by atoms with Gasteiger partial charge in [0.05, 0.1) is 16.8 Å². The molecule has 0 bridgehead atoms. The Morgan fingerprint density at radius 1 is 0.933 bits per heavy atom. The Morgan fingerprint density at radius 3 is 2.23 bits per heavy atom. The van der Waals surface area contributed by atoms with Gasteiger partial charge in [0.25, 0.3) is 0 Å². The number of urea groups is 1. The number of carbonyl (C=O) groups excluding carboxylic acids is 1. The average molecular weight is 426 g/mol. The highest BCUT2D eigenvalue weighted by molar-refractivity contribution is 7.89. The topological polar surface area (TPSA) is 87.5 Å². The standard InChI is InChI=1S/C21H23N5O3S/c27-21(22-15-18-16-23-26(17-18)19-7-3-1-4-8-19)24-11-13-25(14-12-24)30(28,29)20-9-5-2-6-10-20/h1-10,16-17H,11-15H2,(H,22,27). The summed E-state index contributed by atoms with van der Waals surface area (Å²) < 4.78 is 28.6. The van der Waals surface area contributed by atoms with Gasteiger partial charge in [0, 0.05) is 44.5 Å². The molecule has 0 saturated carbocycles. The molecule has 1 N–H and O–H groups in total. The fourth-order valence-electron chi connectivity index (χ4n) is 3.34. The molecule has 8 nitrogen and oxygen atoms in total. The zero-order valence-electron chi connectivity index (χ0n) is 16.4. The summed E-state index contributed by atoms with van der Waals surface area (Å²) in [7, 11) is -3.53. The molecule has 9 heteroatoms. The molecule has 0 radical (unpaired) electrons. The number of sulfonamides is 1. The van der Waals surface area contributed by atoms with Crippen LogP contribution in [-0.4, -0.2) is 59.6 Å². The average Bonchev–Trinajstić information content (AvgIpc) is 3.28. The number of aromatic nitrogens is 2. The molecule has 1 fully saturated rings. The molecule has 2 amide bonds. The van der Waals surface area contributed by atoms with Gasteiger partial charge < -0.3 is 10.2 Å². The molecule has 156 valence electrons. The van der Waals surface area contributed by atoms with Gasteiger partial charge in [0.2, 0.25) is 10.0 Å². The van der Waals surface area contributed by atoms with Crippen LogP contribution in [0.5, 0.6) is 0 Å². The summed E-state index contributed by atoms with van der Waals surface area (Å²) >= 11 is 0. The molecule has 0 atom stereocenters. The molecule has 0 aliphatic carbocycles. The summed E-state index contributed by atoms with van der Waals surface area (Å²) in [4.78, 5) is 14.4. The number of carbonyl (C=O) groups is 1. The summed E-state index contributed by atoms with van der Waals surface area (Å²) in [5.41, 5.74) is 1.84. The van der Waals surface area contributed by atoms with E-state index in [1.807, 2.05) is 36.5 Å². The maximum Gasteiger partial charge on any atom is 0.317 e. The second-order valence-corrected chi connectivity index (χ2v) is 8.93. The zero-order valence-corrected chi connectivity index (χ0v) is 17.2. The van der Waals surface area contributed by atoms with Crippen molar-refractivity contribution in [2.45, 2.75) is 11.4 Å². The lowest BCUT2D eigenvalue weighted by atomic mass is 10.3. The fourth-order valence-corrected chi connectivity index (χ4v) is 4.78. The second kappa shape index (κ2) is 8.68. The number of hydrogen-bond donors (Lipinski definition) is 1. The predicted molar refractivity (Wildman–Crippen MR) is 113 cm³/mol. The van der Waals surface area contributed by atoms with E-state index in [1.165, 1.54) is 4.31 Å². The monoisotopic (exact) mass is 425 g/mol. The van der Waals surface area contributed by atoms with E-state index in [-0.39, 0.29) is 24.0 Å². The van der Waals surface area contributed by atoms with Gasteiger partial charge in [-0.1, -0.05) is 36.4 Å². The Labute approximate surface area is 175 Å². The minimum absolute atomic E-state index is 0.209. The van der Waals surface area contributed by atoms with Crippen LogP contribution in [0.2, 0.25) is 0 Å². The number of benzene rings is 2. The molecule has 1 saturated heterocycles. The van der Waals surface area contributed by atoms with Crippen LogP contribution in [0, 0.1) is 0 Å². The number of para-hydroxylation sites is 1. The molecule has 4 rings (SSSR count). The first-order chi connectivity index (χ1) is 14.5. The first kappa shape index (κ1) is 20.1. The van der Waals surface area contributed by atoms with E-state index in [2.05, 4.69) is 10.4 Å². The Kier molecular flexibility index (Phi) is 5.82. The number of nitrogens with zero attached hydrogens (tertiary/aromatic N) is 4. The summed E-state index contributed by atoms with van der Waals surface area (Å²) in [5.74, 6) is 0. The van der Waals surface area contributed by atoms with Crippen molar-refractivity contribution in [3.63, 3.8) is 0 Å². The quantitative estimate of drug-likeness (QED) is 0.678. The van der Waals surface area contributed by atoms with Crippen LogP contribution in [0.1, 0.15) is 5.56 Å². The van der Waals surface area contributed by atoms with E-state index in [0.717, 1.165) is 11.3 Å². The maximum atomic E-state index is 12.7. The van der Waals surface area contributed by atoms with Crippen LogP contribution >= 0.6 is 0 Å². The molecule has 1 aliphatic heterocycles. The Morgan fingerprint density at radius 2 is 1.57 bits per heavy atom. The Balaban J connectivity index is 1.29. The van der Waals surface area contributed by atoms with Gasteiger partial charge in [-0.2, -0.15) is 9.40 Å². The molecular formula is C21H23N5O3S. The molecule has 1 aromatic heterocycles. The number of nitrogens with one attached hydrogen (secondary N) is 1. The van der Waals surface area contributed by atoms with Crippen molar-refractivity contribution in [1.82, 2.24) is 24.3 Å². The minimum Gasteiger partial charge on any atom is -0.334 e. The summed E-state index contributed by atoms with van der Waals surface area (Å²) in [6.45, 7) is 1.60. The van der Waals surface area contributed by atoms with Gasteiger partial charge in [0.15, 0.2) is 0 Å². The van der Waals surface area contributed by atoms with E-state index < -0.39 is 10.0 Å². The first-order valence-corrected chi connectivity index (χ1v) is 11.1. The molecule has 30 heavy (non-hydrogen) atoms. The third-order valence-corrected chi connectivity index (χ3v) is 6.92. The Hall–Kier alpha value is -3.17. The number of amides is 2. The normalized spacial score (nSPS) is 15.1.